The molecule has 0 saturated carbocycles. The van der Waals surface area contributed by atoms with Crippen LogP contribution in [-0.4, -0.2) is 37.0 Å². The number of rotatable bonds is 7. The van der Waals surface area contributed by atoms with Crippen molar-refractivity contribution in [1.29, 1.82) is 0 Å². The predicted molar refractivity (Wildman–Crippen MR) is 69.4 cm³/mol. The molecule has 0 bridgehead atoms. The molecule has 0 aliphatic carbocycles. The number of hydrogen-bond donors (Lipinski definition) is 1. The Morgan fingerprint density at radius 1 is 1.19 bits per heavy atom. The molecule has 0 aliphatic heterocycles. The molecule has 0 aromatic rings. The molecule has 0 aliphatic rings. The molecule has 1 amide bonds. The molecule has 0 heterocycles. The van der Waals surface area contributed by atoms with Crippen LogP contribution in [0.5, 0.6) is 0 Å². The summed E-state index contributed by atoms with van der Waals surface area (Å²) in [7, 11) is 3.61. The van der Waals surface area contributed by atoms with Gasteiger partial charge < -0.3 is 10.2 Å². The Balaban J connectivity index is 3.86. The van der Waals surface area contributed by atoms with Crippen molar-refractivity contribution in [1.82, 2.24) is 10.2 Å². The summed E-state index contributed by atoms with van der Waals surface area (Å²) in [5, 5.41) is 3.48. The van der Waals surface area contributed by atoms with Gasteiger partial charge in [-0.25, -0.2) is 0 Å². The molecule has 0 radical (unpaired) electrons. The fraction of sp³-hybridized carbons (Fsp3) is 0.923. The molecule has 0 rings (SSSR count). The van der Waals surface area contributed by atoms with Crippen LogP contribution in [0.2, 0.25) is 0 Å². The fourth-order valence-electron chi connectivity index (χ4n) is 1.83. The average molecular weight is 228 g/mol. The first-order chi connectivity index (χ1) is 7.36. The predicted octanol–water partition coefficient (Wildman–Crippen LogP) is 2.27. The summed E-state index contributed by atoms with van der Waals surface area (Å²) in [4.78, 5) is 13.1. The van der Waals surface area contributed by atoms with Crippen LogP contribution in [-0.2, 0) is 4.79 Å². The van der Waals surface area contributed by atoms with E-state index in [0.717, 1.165) is 5.92 Å². The lowest BCUT2D eigenvalue weighted by atomic mass is 9.99. The third-order valence-electron chi connectivity index (χ3n) is 3.00. The number of amides is 1. The molecular formula is C13H28N2O. The Morgan fingerprint density at radius 3 is 2.19 bits per heavy atom. The smallest absolute Gasteiger partial charge is 0.223 e. The number of carbonyl (C=O) groups excluding carboxylic acids is 1. The van der Waals surface area contributed by atoms with E-state index < -0.39 is 0 Å². The molecule has 96 valence electrons. The van der Waals surface area contributed by atoms with Gasteiger partial charge in [0.2, 0.25) is 5.91 Å². The Bertz CT molecular complexity index is 204. The third-order valence-corrected chi connectivity index (χ3v) is 3.00. The van der Waals surface area contributed by atoms with Crippen molar-refractivity contribution in [3.63, 3.8) is 0 Å². The van der Waals surface area contributed by atoms with Crippen LogP contribution in [0.1, 0.15) is 47.0 Å². The summed E-state index contributed by atoms with van der Waals surface area (Å²) >= 11 is 0. The topological polar surface area (TPSA) is 32.3 Å². The molecule has 1 N–H and O–H groups in total. The van der Waals surface area contributed by atoms with Crippen molar-refractivity contribution in [2.24, 2.45) is 5.92 Å². The van der Waals surface area contributed by atoms with Crippen molar-refractivity contribution < 1.29 is 4.79 Å². The standard InChI is InChI=1S/C13H28N2O/c1-7-10(2)8-11(3)14-12(4)9-13(16)15(5)6/h10-12,14H,7-9H2,1-6H3. The quantitative estimate of drug-likeness (QED) is 0.725. The first-order valence-electron chi connectivity index (χ1n) is 6.33. The van der Waals surface area contributed by atoms with E-state index in [1.165, 1.54) is 12.8 Å². The molecule has 3 heteroatoms. The molecule has 0 spiro atoms. The maximum absolute atomic E-state index is 11.5. The molecule has 0 fully saturated rings. The van der Waals surface area contributed by atoms with E-state index in [0.29, 0.717) is 12.5 Å². The van der Waals surface area contributed by atoms with E-state index in [4.69, 9.17) is 0 Å². The monoisotopic (exact) mass is 228 g/mol. The maximum Gasteiger partial charge on any atom is 0.223 e. The lowest BCUT2D eigenvalue weighted by Gasteiger charge is -2.23. The minimum Gasteiger partial charge on any atom is -0.349 e. The second-order valence-electron chi connectivity index (χ2n) is 5.21. The van der Waals surface area contributed by atoms with Gasteiger partial charge in [0.05, 0.1) is 0 Å². The van der Waals surface area contributed by atoms with Crippen molar-refractivity contribution in [2.75, 3.05) is 14.1 Å². The lowest BCUT2D eigenvalue weighted by molar-refractivity contribution is -0.129. The van der Waals surface area contributed by atoms with E-state index in [-0.39, 0.29) is 11.9 Å². The normalized spacial score (nSPS) is 16.6. The zero-order valence-corrected chi connectivity index (χ0v) is 11.7. The highest BCUT2D eigenvalue weighted by molar-refractivity contribution is 5.76. The Kier molecular flexibility index (Phi) is 7.39. The summed E-state index contributed by atoms with van der Waals surface area (Å²) in [5.41, 5.74) is 0. The third kappa shape index (κ3) is 6.83. The zero-order chi connectivity index (χ0) is 12.7. The summed E-state index contributed by atoms with van der Waals surface area (Å²) in [5.74, 6) is 0.940. The minimum atomic E-state index is 0.190. The van der Waals surface area contributed by atoms with Crippen LogP contribution >= 0.6 is 0 Å². The van der Waals surface area contributed by atoms with Crippen LogP contribution in [0.3, 0.4) is 0 Å². The van der Waals surface area contributed by atoms with E-state index >= 15 is 0 Å². The van der Waals surface area contributed by atoms with Crippen molar-refractivity contribution in [3.8, 4) is 0 Å². The molecule has 3 unspecified atom stereocenters. The second-order valence-corrected chi connectivity index (χ2v) is 5.21. The Hall–Kier alpha value is -0.570. The van der Waals surface area contributed by atoms with Gasteiger partial charge in [0.25, 0.3) is 0 Å². The van der Waals surface area contributed by atoms with Gasteiger partial charge in [0, 0.05) is 32.6 Å². The van der Waals surface area contributed by atoms with Gasteiger partial charge in [-0.3, -0.25) is 4.79 Å². The van der Waals surface area contributed by atoms with Gasteiger partial charge in [0.15, 0.2) is 0 Å². The zero-order valence-electron chi connectivity index (χ0n) is 11.7. The van der Waals surface area contributed by atoms with Gasteiger partial charge in [-0.15, -0.1) is 0 Å². The number of nitrogens with one attached hydrogen (secondary N) is 1. The van der Waals surface area contributed by atoms with Crippen molar-refractivity contribution in [2.45, 2.75) is 59.0 Å². The number of carbonyl (C=O) groups is 1. The van der Waals surface area contributed by atoms with Crippen molar-refractivity contribution in [3.05, 3.63) is 0 Å². The first-order valence-corrected chi connectivity index (χ1v) is 6.33. The molecule has 3 atom stereocenters. The maximum atomic E-state index is 11.5. The second kappa shape index (κ2) is 7.66. The summed E-state index contributed by atoms with van der Waals surface area (Å²) < 4.78 is 0. The van der Waals surface area contributed by atoms with Gasteiger partial charge in [0.1, 0.15) is 0 Å². The van der Waals surface area contributed by atoms with E-state index in [1.54, 1.807) is 19.0 Å². The van der Waals surface area contributed by atoms with E-state index in [2.05, 4.69) is 33.0 Å². The van der Waals surface area contributed by atoms with Gasteiger partial charge in [-0.1, -0.05) is 20.3 Å². The van der Waals surface area contributed by atoms with E-state index in [1.807, 2.05) is 0 Å². The largest absolute Gasteiger partial charge is 0.349 e. The van der Waals surface area contributed by atoms with Gasteiger partial charge >= 0.3 is 0 Å². The molecule has 0 saturated heterocycles. The van der Waals surface area contributed by atoms with Crippen molar-refractivity contribution >= 4 is 5.91 Å². The lowest BCUT2D eigenvalue weighted by Crippen LogP contribution is -2.39. The van der Waals surface area contributed by atoms with Crippen LogP contribution in [0.15, 0.2) is 0 Å². The molecule has 3 nitrogen and oxygen atoms in total. The number of hydrogen-bond acceptors (Lipinski definition) is 2. The highest BCUT2D eigenvalue weighted by atomic mass is 16.2. The van der Waals surface area contributed by atoms with E-state index in [9.17, 15) is 4.79 Å². The molecule has 16 heavy (non-hydrogen) atoms. The van der Waals surface area contributed by atoms with Crippen LogP contribution in [0, 0.1) is 5.92 Å². The summed E-state index contributed by atoms with van der Waals surface area (Å²) in [6.45, 7) is 8.77. The molecule has 0 aromatic heterocycles. The molecular weight excluding hydrogens is 200 g/mol. The summed E-state index contributed by atoms with van der Waals surface area (Å²) in [6.07, 6.45) is 2.98. The highest BCUT2D eigenvalue weighted by Crippen LogP contribution is 2.10. The SMILES string of the molecule is CCC(C)CC(C)NC(C)CC(=O)N(C)C. The fourth-order valence-corrected chi connectivity index (χ4v) is 1.83. The number of nitrogens with zero attached hydrogens (tertiary/aromatic N) is 1. The van der Waals surface area contributed by atoms with Gasteiger partial charge in [-0.05, 0) is 26.2 Å². The molecule has 0 aromatic carbocycles. The first kappa shape index (κ1) is 15.4. The van der Waals surface area contributed by atoms with Crippen LogP contribution < -0.4 is 5.32 Å². The van der Waals surface area contributed by atoms with Crippen LogP contribution in [0.25, 0.3) is 0 Å². The Labute approximate surface area is 101 Å². The van der Waals surface area contributed by atoms with Crippen LogP contribution in [0.4, 0.5) is 0 Å². The minimum absolute atomic E-state index is 0.190. The summed E-state index contributed by atoms with van der Waals surface area (Å²) in [6, 6.07) is 0.744. The van der Waals surface area contributed by atoms with Gasteiger partial charge in [-0.2, -0.15) is 0 Å². The Morgan fingerprint density at radius 2 is 1.75 bits per heavy atom. The average Bonchev–Trinajstić information content (AvgIpc) is 2.16. The highest BCUT2D eigenvalue weighted by Gasteiger charge is 2.14.